The number of hydrogen-bond acceptors (Lipinski definition) is 8. The summed E-state index contributed by atoms with van der Waals surface area (Å²) in [5.41, 5.74) is 1.71. The number of nitrogens with one attached hydrogen (secondary N) is 2. The Morgan fingerprint density at radius 1 is 1.29 bits per heavy atom. The normalized spacial score (nSPS) is 15.6. The number of hydrogen-bond donors (Lipinski definition) is 2. The van der Waals surface area contributed by atoms with Crippen LogP contribution in [0, 0.1) is 0 Å². The molecule has 1 amide bonds. The Hall–Kier alpha value is -3.40. The first-order chi connectivity index (χ1) is 13.6. The van der Waals surface area contributed by atoms with Crippen LogP contribution in [-0.4, -0.2) is 40.3 Å². The molecular formula is C18H18N6O3S. The van der Waals surface area contributed by atoms with Crippen LogP contribution in [0.5, 0.6) is 11.5 Å². The maximum Gasteiger partial charge on any atom is 0.256 e. The monoisotopic (exact) mass is 398 g/mol. The van der Waals surface area contributed by atoms with Crippen LogP contribution < -0.4 is 20.1 Å². The van der Waals surface area contributed by atoms with Crippen molar-refractivity contribution in [3.8, 4) is 11.5 Å². The zero-order valence-corrected chi connectivity index (χ0v) is 16.3. The van der Waals surface area contributed by atoms with E-state index in [9.17, 15) is 4.79 Å². The number of aromatic nitrogens is 4. The van der Waals surface area contributed by atoms with E-state index in [0.29, 0.717) is 34.4 Å². The van der Waals surface area contributed by atoms with Gasteiger partial charge in [0, 0.05) is 16.6 Å². The average Bonchev–Trinajstić information content (AvgIpc) is 3.38. The maximum absolute atomic E-state index is 13.3. The minimum absolute atomic E-state index is 0.281. The summed E-state index contributed by atoms with van der Waals surface area (Å²) in [5, 5.41) is 19.8. The summed E-state index contributed by atoms with van der Waals surface area (Å²) in [4.78, 5) is 14.3. The number of carbonyl (C=O) groups is 1. The molecule has 0 fully saturated rings. The molecule has 1 aliphatic rings. The van der Waals surface area contributed by atoms with E-state index < -0.39 is 6.04 Å². The van der Waals surface area contributed by atoms with Gasteiger partial charge in [0.2, 0.25) is 5.95 Å². The Bertz CT molecular complexity index is 1040. The molecule has 0 unspecified atom stereocenters. The van der Waals surface area contributed by atoms with Gasteiger partial charge in [0.25, 0.3) is 5.91 Å². The van der Waals surface area contributed by atoms with Crippen molar-refractivity contribution < 1.29 is 14.3 Å². The third-order valence-corrected chi connectivity index (χ3v) is 5.35. The number of carbonyl (C=O) groups excluding carboxylic acids is 1. The predicted octanol–water partition coefficient (Wildman–Crippen LogP) is 2.68. The molecule has 0 aliphatic carbocycles. The molecule has 1 aliphatic heterocycles. The summed E-state index contributed by atoms with van der Waals surface area (Å²) >= 11 is 1.54. The number of ether oxygens (including phenoxy) is 2. The minimum Gasteiger partial charge on any atom is -0.497 e. The molecule has 3 aromatic rings. The Morgan fingerprint density at radius 2 is 2.14 bits per heavy atom. The number of tetrazole rings is 1. The van der Waals surface area contributed by atoms with E-state index in [1.54, 1.807) is 37.1 Å². The molecule has 1 aromatic carbocycles. The van der Waals surface area contributed by atoms with Gasteiger partial charge in [-0.2, -0.15) is 4.68 Å². The zero-order chi connectivity index (χ0) is 19.7. The van der Waals surface area contributed by atoms with Crippen molar-refractivity contribution in [1.82, 2.24) is 20.2 Å². The van der Waals surface area contributed by atoms with Gasteiger partial charge in [-0.3, -0.25) is 4.79 Å². The number of thiophene rings is 1. The van der Waals surface area contributed by atoms with Gasteiger partial charge < -0.3 is 20.1 Å². The fraction of sp³-hybridized carbons (Fsp3) is 0.222. The topological polar surface area (TPSA) is 103 Å². The lowest BCUT2D eigenvalue weighted by Gasteiger charge is -2.27. The van der Waals surface area contributed by atoms with Crippen LogP contribution in [0.1, 0.15) is 17.8 Å². The van der Waals surface area contributed by atoms with E-state index in [1.165, 1.54) is 11.3 Å². The molecule has 28 heavy (non-hydrogen) atoms. The maximum atomic E-state index is 13.3. The third-order valence-electron chi connectivity index (χ3n) is 4.43. The van der Waals surface area contributed by atoms with Gasteiger partial charge in [-0.1, -0.05) is 11.2 Å². The number of amides is 1. The molecule has 0 saturated heterocycles. The number of rotatable bonds is 5. The highest BCUT2D eigenvalue weighted by Crippen LogP contribution is 2.37. The van der Waals surface area contributed by atoms with E-state index in [1.807, 2.05) is 24.4 Å². The zero-order valence-electron chi connectivity index (χ0n) is 15.5. The van der Waals surface area contributed by atoms with E-state index in [4.69, 9.17) is 9.47 Å². The molecule has 2 aromatic heterocycles. The van der Waals surface area contributed by atoms with Crippen LogP contribution in [-0.2, 0) is 4.79 Å². The van der Waals surface area contributed by atoms with E-state index in [2.05, 4.69) is 26.2 Å². The van der Waals surface area contributed by atoms with Crippen LogP contribution in [0.15, 0.2) is 47.0 Å². The van der Waals surface area contributed by atoms with E-state index in [0.717, 1.165) is 4.88 Å². The summed E-state index contributed by atoms with van der Waals surface area (Å²) < 4.78 is 12.2. The molecule has 2 N–H and O–H groups in total. The molecule has 0 radical (unpaired) electrons. The smallest absolute Gasteiger partial charge is 0.256 e. The fourth-order valence-electron chi connectivity index (χ4n) is 3.12. The van der Waals surface area contributed by atoms with Crippen molar-refractivity contribution >= 4 is 28.9 Å². The van der Waals surface area contributed by atoms with Crippen molar-refractivity contribution in [3.05, 3.63) is 51.9 Å². The number of fused-ring (bicyclic) bond motifs is 1. The van der Waals surface area contributed by atoms with Gasteiger partial charge in [0.05, 0.1) is 25.5 Å². The summed E-state index contributed by atoms with van der Waals surface area (Å²) in [5.74, 6) is 1.36. The first kappa shape index (κ1) is 18.0. The molecular weight excluding hydrogens is 380 g/mol. The number of allylic oxidation sites excluding steroid dienone is 1. The molecule has 1 atom stereocenters. The molecule has 0 spiro atoms. The summed E-state index contributed by atoms with van der Waals surface area (Å²) in [7, 11) is 3.11. The van der Waals surface area contributed by atoms with Crippen LogP contribution >= 0.6 is 11.3 Å². The second kappa shape index (κ2) is 7.31. The third kappa shape index (κ3) is 3.07. The second-order valence-electron chi connectivity index (χ2n) is 6.05. The van der Waals surface area contributed by atoms with E-state index in [-0.39, 0.29) is 5.91 Å². The average molecular weight is 398 g/mol. The molecule has 0 bridgehead atoms. The molecule has 4 rings (SSSR count). The number of methoxy groups -OCH3 is 2. The first-order valence-electron chi connectivity index (χ1n) is 8.44. The Labute approximate surface area is 165 Å². The lowest BCUT2D eigenvalue weighted by molar-refractivity contribution is -0.113. The molecule has 9 nitrogen and oxygen atoms in total. The lowest BCUT2D eigenvalue weighted by atomic mass is 10.0. The van der Waals surface area contributed by atoms with Gasteiger partial charge in [0.15, 0.2) is 0 Å². The van der Waals surface area contributed by atoms with Gasteiger partial charge in [-0.15, -0.1) is 11.3 Å². The Kier molecular flexibility index (Phi) is 4.70. The van der Waals surface area contributed by atoms with Crippen LogP contribution in [0.4, 0.5) is 11.6 Å². The van der Waals surface area contributed by atoms with Crippen LogP contribution in [0.2, 0.25) is 0 Å². The number of anilines is 2. The molecule has 144 valence electrons. The highest BCUT2D eigenvalue weighted by Gasteiger charge is 2.34. The molecule has 3 heterocycles. The largest absolute Gasteiger partial charge is 0.497 e. The Balaban J connectivity index is 1.74. The highest BCUT2D eigenvalue weighted by atomic mass is 32.1. The van der Waals surface area contributed by atoms with Crippen molar-refractivity contribution in [2.24, 2.45) is 0 Å². The number of benzene rings is 1. The van der Waals surface area contributed by atoms with Gasteiger partial charge >= 0.3 is 0 Å². The van der Waals surface area contributed by atoms with Crippen molar-refractivity contribution in [2.45, 2.75) is 13.0 Å². The van der Waals surface area contributed by atoms with Crippen LogP contribution in [0.3, 0.4) is 0 Å². The highest BCUT2D eigenvalue weighted by molar-refractivity contribution is 7.10. The number of nitrogens with zero attached hydrogens (tertiary/aromatic N) is 4. The summed E-state index contributed by atoms with van der Waals surface area (Å²) in [6.45, 7) is 1.83. The first-order valence-corrected chi connectivity index (χ1v) is 9.32. The lowest BCUT2D eigenvalue weighted by Crippen LogP contribution is -2.31. The standard InChI is InChI=1S/C18H18N6O3S/c1-10-15(17(25)20-12-9-11(26-2)6-7-13(12)27-3)16(14-5-4-8-28-14)24-18(19-10)21-22-23-24/h4-9,16H,1-3H3,(H,20,25)(H,19,21,23)/t16-/m1/s1. The van der Waals surface area contributed by atoms with Crippen LogP contribution in [0.25, 0.3) is 0 Å². The van der Waals surface area contributed by atoms with Crippen molar-refractivity contribution in [2.75, 3.05) is 24.9 Å². The summed E-state index contributed by atoms with van der Waals surface area (Å²) in [6, 6.07) is 8.68. The van der Waals surface area contributed by atoms with Crippen molar-refractivity contribution in [1.29, 1.82) is 0 Å². The molecule has 10 heteroatoms. The van der Waals surface area contributed by atoms with Crippen molar-refractivity contribution in [3.63, 3.8) is 0 Å². The summed E-state index contributed by atoms with van der Waals surface area (Å²) in [6.07, 6.45) is 0. The second-order valence-corrected chi connectivity index (χ2v) is 7.03. The predicted molar refractivity (Wildman–Crippen MR) is 105 cm³/mol. The molecule has 0 saturated carbocycles. The SMILES string of the molecule is COc1ccc(OC)c(NC(=O)C2=C(C)Nc3nnnn3[C@@H]2c2cccs2)c1. The minimum atomic E-state index is -0.428. The quantitative estimate of drug-likeness (QED) is 0.681. The van der Waals surface area contributed by atoms with Gasteiger partial charge in [-0.25, -0.2) is 0 Å². The fourth-order valence-corrected chi connectivity index (χ4v) is 3.94. The van der Waals surface area contributed by atoms with E-state index >= 15 is 0 Å². The Morgan fingerprint density at radius 3 is 2.86 bits per heavy atom. The van der Waals surface area contributed by atoms with Gasteiger partial charge in [0.1, 0.15) is 17.5 Å². The van der Waals surface area contributed by atoms with Gasteiger partial charge in [-0.05, 0) is 40.9 Å².